The highest BCUT2D eigenvalue weighted by atomic mass is 16.5. The van der Waals surface area contributed by atoms with Gasteiger partial charge in [-0.05, 0) is 68.7 Å². The molecule has 5 N–H and O–H groups in total. The van der Waals surface area contributed by atoms with E-state index in [1.165, 1.54) is 14.2 Å². The summed E-state index contributed by atoms with van der Waals surface area (Å²) in [6.07, 6.45) is 5.32. The molecule has 5 aromatic rings. The van der Waals surface area contributed by atoms with E-state index in [2.05, 4.69) is 42.6 Å². The standard InChI is InChI=1S/C45H54N10O7/c1-23(2)37(51-44(59)61-6)42(57)53-16-8-10-34(53)39-46-21-31(48-39)26-13-15-33-28(18-26)20-36-29-14-12-27(19-30(29)50-41(56)25(5)55(33)36)32-22-47-40(49-32)35-11-9-17-54(35)43(58)38(24(3)4)52-45(60)62-7/h12-15,18-25,34-35,37-38H,8-11,16-17H2,1-7H3,(H,46,48)(H,47,49)(H,50,56)(H,51,59)(H,52,60)/t25?,34-,35-,37+,38+/m0/s1. The minimum absolute atomic E-state index is 0.136. The smallest absolute Gasteiger partial charge is 0.407 e. The van der Waals surface area contributed by atoms with Crippen molar-refractivity contribution in [2.45, 2.75) is 90.5 Å². The molecule has 3 aromatic heterocycles. The van der Waals surface area contributed by atoms with Crippen molar-refractivity contribution >= 4 is 46.5 Å². The number of nitrogens with zero attached hydrogens (tertiary/aromatic N) is 5. The van der Waals surface area contributed by atoms with Crippen LogP contribution in [0.5, 0.6) is 0 Å². The fourth-order valence-corrected chi connectivity index (χ4v) is 9.11. The summed E-state index contributed by atoms with van der Waals surface area (Å²) in [6, 6.07) is 11.6. The maximum Gasteiger partial charge on any atom is 0.407 e. The van der Waals surface area contributed by atoms with Crippen LogP contribution in [0, 0.1) is 11.8 Å². The summed E-state index contributed by atoms with van der Waals surface area (Å²) < 4.78 is 11.6. The molecule has 2 aromatic carbocycles. The number of benzene rings is 2. The second-order valence-corrected chi connectivity index (χ2v) is 17.1. The molecule has 8 rings (SSSR count). The normalized spacial score (nSPS) is 19.5. The third-order valence-corrected chi connectivity index (χ3v) is 12.5. The van der Waals surface area contributed by atoms with Gasteiger partial charge in [0, 0.05) is 40.7 Å². The Labute approximate surface area is 359 Å². The highest BCUT2D eigenvalue weighted by Gasteiger charge is 2.39. The van der Waals surface area contributed by atoms with E-state index >= 15 is 0 Å². The first-order chi connectivity index (χ1) is 29.8. The number of amides is 5. The molecule has 17 heteroatoms. The third-order valence-electron chi connectivity index (χ3n) is 12.5. The summed E-state index contributed by atoms with van der Waals surface area (Å²) >= 11 is 0. The van der Waals surface area contributed by atoms with Gasteiger partial charge in [-0.25, -0.2) is 19.6 Å². The Hall–Kier alpha value is -6.65. The Morgan fingerprint density at radius 1 is 0.742 bits per heavy atom. The Kier molecular flexibility index (Phi) is 11.5. The van der Waals surface area contributed by atoms with Gasteiger partial charge in [-0.15, -0.1) is 0 Å². The molecule has 2 fully saturated rings. The number of imidazole rings is 2. The predicted molar refractivity (Wildman–Crippen MR) is 232 cm³/mol. The largest absolute Gasteiger partial charge is 0.453 e. The minimum atomic E-state index is -0.733. The molecule has 3 aliphatic rings. The summed E-state index contributed by atoms with van der Waals surface area (Å²) in [4.78, 5) is 85.2. The van der Waals surface area contributed by atoms with Crippen molar-refractivity contribution in [2.24, 2.45) is 11.8 Å². The average Bonchev–Trinajstić information content (AvgIpc) is 4.12. The Morgan fingerprint density at radius 2 is 1.26 bits per heavy atom. The summed E-state index contributed by atoms with van der Waals surface area (Å²) in [6.45, 7) is 10.5. The first kappa shape index (κ1) is 42.1. The molecule has 0 radical (unpaired) electrons. The number of aromatic amines is 2. The highest BCUT2D eigenvalue weighted by molar-refractivity contribution is 6.04. The number of hydrogen-bond acceptors (Lipinski definition) is 9. The molecule has 5 atom stereocenters. The summed E-state index contributed by atoms with van der Waals surface area (Å²) in [7, 11) is 2.56. The number of carbonyl (C=O) groups excluding carboxylic acids is 5. The lowest BCUT2D eigenvalue weighted by Gasteiger charge is -2.30. The van der Waals surface area contributed by atoms with Crippen molar-refractivity contribution in [1.29, 1.82) is 0 Å². The number of ether oxygens (including phenoxy) is 2. The molecule has 17 nitrogen and oxygen atoms in total. The van der Waals surface area contributed by atoms with Crippen molar-refractivity contribution in [2.75, 3.05) is 32.6 Å². The van der Waals surface area contributed by atoms with Gasteiger partial charge in [0.05, 0.1) is 61.5 Å². The van der Waals surface area contributed by atoms with Crippen LogP contribution in [-0.4, -0.2) is 104 Å². The van der Waals surface area contributed by atoms with Gasteiger partial charge in [0.2, 0.25) is 17.7 Å². The number of hydrogen-bond donors (Lipinski definition) is 5. The number of carbonyl (C=O) groups is 5. The second kappa shape index (κ2) is 17.0. The Bertz CT molecular complexity index is 2540. The van der Waals surface area contributed by atoms with Crippen LogP contribution >= 0.6 is 0 Å². The van der Waals surface area contributed by atoms with Gasteiger partial charge < -0.3 is 49.8 Å². The van der Waals surface area contributed by atoms with E-state index in [9.17, 15) is 24.0 Å². The van der Waals surface area contributed by atoms with Gasteiger partial charge in [0.15, 0.2) is 0 Å². The number of likely N-dealkylation sites (tertiary alicyclic amines) is 2. The van der Waals surface area contributed by atoms with E-state index in [0.29, 0.717) is 30.4 Å². The number of alkyl carbamates (subject to hydrolysis) is 2. The molecule has 62 heavy (non-hydrogen) atoms. The number of anilines is 1. The van der Waals surface area contributed by atoms with Crippen molar-refractivity contribution < 1.29 is 33.4 Å². The number of aromatic nitrogens is 5. The highest BCUT2D eigenvalue weighted by Crippen LogP contribution is 2.42. The number of fused-ring (bicyclic) bond motifs is 5. The van der Waals surface area contributed by atoms with Crippen molar-refractivity contribution in [3.63, 3.8) is 0 Å². The van der Waals surface area contributed by atoms with E-state index in [1.54, 1.807) is 22.2 Å². The molecule has 2 saturated heterocycles. The first-order valence-corrected chi connectivity index (χ1v) is 21.3. The molecule has 0 aliphatic carbocycles. The van der Waals surface area contributed by atoms with Crippen LogP contribution in [0.4, 0.5) is 15.3 Å². The summed E-state index contributed by atoms with van der Waals surface area (Å²) in [5.41, 5.74) is 6.60. The lowest BCUT2D eigenvalue weighted by Crippen LogP contribution is -2.51. The van der Waals surface area contributed by atoms with Crippen LogP contribution in [0.3, 0.4) is 0 Å². The van der Waals surface area contributed by atoms with Crippen molar-refractivity contribution in [3.05, 3.63) is 66.5 Å². The monoisotopic (exact) mass is 846 g/mol. The van der Waals surface area contributed by atoms with E-state index in [1.807, 2.05) is 65.0 Å². The van der Waals surface area contributed by atoms with Crippen LogP contribution in [0.2, 0.25) is 0 Å². The minimum Gasteiger partial charge on any atom is -0.453 e. The molecule has 0 spiro atoms. The zero-order valence-electron chi connectivity index (χ0n) is 36.1. The third kappa shape index (κ3) is 7.75. The molecule has 326 valence electrons. The predicted octanol–water partition coefficient (Wildman–Crippen LogP) is 6.69. The van der Waals surface area contributed by atoms with E-state index in [4.69, 9.17) is 19.4 Å². The van der Waals surface area contributed by atoms with Crippen LogP contribution in [0.15, 0.2) is 54.9 Å². The van der Waals surface area contributed by atoms with E-state index < -0.39 is 30.3 Å². The summed E-state index contributed by atoms with van der Waals surface area (Å²) in [5.74, 6) is 0.559. The number of rotatable bonds is 10. The van der Waals surface area contributed by atoms with Gasteiger partial charge >= 0.3 is 12.2 Å². The van der Waals surface area contributed by atoms with Gasteiger partial charge in [-0.2, -0.15) is 0 Å². The van der Waals surface area contributed by atoms with Gasteiger partial charge in [-0.3, -0.25) is 14.4 Å². The molecule has 0 saturated carbocycles. The van der Waals surface area contributed by atoms with Gasteiger partial charge in [-0.1, -0.05) is 45.9 Å². The number of methoxy groups -OCH3 is 2. The topological polar surface area (TPSA) is 209 Å². The molecule has 1 unspecified atom stereocenters. The molecule has 5 amide bonds. The lowest BCUT2D eigenvalue weighted by atomic mass is 10.0. The van der Waals surface area contributed by atoms with Crippen LogP contribution in [-0.2, 0) is 23.9 Å². The van der Waals surface area contributed by atoms with Crippen LogP contribution < -0.4 is 16.0 Å². The maximum atomic E-state index is 13.7. The fourth-order valence-electron chi connectivity index (χ4n) is 9.11. The number of H-pyrrole nitrogens is 2. The fraction of sp³-hybridized carbons (Fsp3) is 0.444. The zero-order chi connectivity index (χ0) is 44.0. The van der Waals surface area contributed by atoms with Crippen molar-refractivity contribution in [1.82, 2.24) is 44.9 Å². The number of nitrogens with one attached hydrogen (secondary N) is 5. The van der Waals surface area contributed by atoms with Gasteiger partial charge in [0.25, 0.3) is 0 Å². The zero-order valence-corrected chi connectivity index (χ0v) is 36.1. The molecule has 6 heterocycles. The Morgan fingerprint density at radius 3 is 1.77 bits per heavy atom. The van der Waals surface area contributed by atoms with Crippen LogP contribution in [0.1, 0.15) is 90.1 Å². The van der Waals surface area contributed by atoms with Gasteiger partial charge in [0.1, 0.15) is 29.8 Å². The molecular weight excluding hydrogens is 793 g/mol. The summed E-state index contributed by atoms with van der Waals surface area (Å²) in [5, 5.41) is 9.49. The Balaban J connectivity index is 1.04. The average molecular weight is 847 g/mol. The van der Waals surface area contributed by atoms with Crippen molar-refractivity contribution in [3.8, 4) is 33.8 Å². The quantitative estimate of drug-likeness (QED) is 0.101. The molecule has 0 bridgehead atoms. The maximum absolute atomic E-state index is 13.7. The van der Waals surface area contributed by atoms with E-state index in [-0.39, 0.29) is 41.6 Å². The second-order valence-electron chi connectivity index (χ2n) is 17.1. The molecule has 3 aliphatic heterocycles. The molecular formula is C45H54N10O7. The SMILES string of the molecule is COC(=O)N[C@@H](C(=O)N1CCC[C@H]1c1ncc(-c2ccc3c(c2)NC(=O)C(C)n2c-3cc3cc(-c4cnc([C@@H]5CCCN5C(=O)[C@H](NC(=O)OC)C(C)C)[nH]4)ccc32)[nH]1)C(C)C. The lowest BCUT2D eigenvalue weighted by molar-refractivity contribution is -0.136. The first-order valence-electron chi connectivity index (χ1n) is 21.3. The van der Waals surface area contributed by atoms with E-state index in [0.717, 1.165) is 70.4 Å². The van der Waals surface area contributed by atoms with Crippen LogP contribution in [0.25, 0.3) is 44.7 Å².